The number of rotatable bonds is 3. The van der Waals surface area contributed by atoms with Crippen LogP contribution in [0, 0.1) is 11.8 Å². The quantitative estimate of drug-likeness (QED) is 0.884. The average Bonchev–Trinajstić information content (AvgIpc) is 2.63. The topological polar surface area (TPSA) is 47.0 Å². The molecule has 1 saturated carbocycles. The molecule has 0 unspecified atom stereocenters. The summed E-state index contributed by atoms with van der Waals surface area (Å²) in [4.78, 5) is 8.74. The van der Waals surface area contributed by atoms with Crippen LogP contribution in [0.3, 0.4) is 0 Å². The molecule has 0 bridgehead atoms. The smallest absolute Gasteiger partial charge is 0.222 e. The highest BCUT2D eigenvalue weighted by atomic mass is 16.5. The second-order valence-corrected chi connectivity index (χ2v) is 5.77. The molecule has 4 heteroatoms. The predicted molar refractivity (Wildman–Crippen MR) is 91.1 cm³/mol. The molecule has 2 aromatic rings. The summed E-state index contributed by atoms with van der Waals surface area (Å²) in [6.45, 7) is 0. The summed E-state index contributed by atoms with van der Waals surface area (Å²) in [6, 6.07) is 10.3. The molecule has 23 heavy (non-hydrogen) atoms. The van der Waals surface area contributed by atoms with Crippen molar-refractivity contribution in [3.8, 4) is 11.8 Å². The van der Waals surface area contributed by atoms with Crippen molar-refractivity contribution < 1.29 is 4.74 Å². The van der Waals surface area contributed by atoms with Crippen molar-refractivity contribution in [2.45, 2.75) is 37.8 Å². The van der Waals surface area contributed by atoms with Crippen LogP contribution < -0.4 is 5.32 Å². The van der Waals surface area contributed by atoms with Crippen molar-refractivity contribution in [2.24, 2.45) is 0 Å². The van der Waals surface area contributed by atoms with E-state index in [0.717, 1.165) is 36.8 Å². The SMILES string of the molecule is CO[C@H]1CC[C@H](Nc2ncc(C#Cc3ccccc3)cn2)CC1. The number of anilines is 1. The summed E-state index contributed by atoms with van der Waals surface area (Å²) >= 11 is 0. The number of hydrogen-bond donors (Lipinski definition) is 1. The summed E-state index contributed by atoms with van der Waals surface area (Å²) in [7, 11) is 1.79. The lowest BCUT2D eigenvalue weighted by Crippen LogP contribution is -2.29. The van der Waals surface area contributed by atoms with E-state index in [1.807, 2.05) is 30.3 Å². The maximum absolute atomic E-state index is 5.39. The van der Waals surface area contributed by atoms with Crippen molar-refractivity contribution in [1.82, 2.24) is 9.97 Å². The minimum Gasteiger partial charge on any atom is -0.381 e. The van der Waals surface area contributed by atoms with Gasteiger partial charge in [0.05, 0.1) is 11.7 Å². The van der Waals surface area contributed by atoms with Gasteiger partial charge in [-0.2, -0.15) is 0 Å². The van der Waals surface area contributed by atoms with Gasteiger partial charge in [-0.1, -0.05) is 30.0 Å². The van der Waals surface area contributed by atoms with E-state index in [-0.39, 0.29) is 0 Å². The van der Waals surface area contributed by atoms with Gasteiger partial charge in [0.1, 0.15) is 0 Å². The number of nitrogens with zero attached hydrogens (tertiary/aromatic N) is 2. The Hall–Kier alpha value is -2.38. The van der Waals surface area contributed by atoms with Gasteiger partial charge in [-0.25, -0.2) is 9.97 Å². The van der Waals surface area contributed by atoms with Crippen molar-refractivity contribution >= 4 is 5.95 Å². The molecule has 0 atom stereocenters. The Morgan fingerprint density at radius 2 is 1.61 bits per heavy atom. The molecule has 0 saturated heterocycles. The molecule has 1 N–H and O–H groups in total. The molecule has 1 aliphatic rings. The van der Waals surface area contributed by atoms with E-state index >= 15 is 0 Å². The van der Waals surface area contributed by atoms with Gasteiger partial charge >= 0.3 is 0 Å². The maximum Gasteiger partial charge on any atom is 0.222 e. The van der Waals surface area contributed by atoms with Crippen LogP contribution in [0.1, 0.15) is 36.8 Å². The van der Waals surface area contributed by atoms with Crippen molar-refractivity contribution in [3.05, 3.63) is 53.9 Å². The zero-order valence-electron chi connectivity index (χ0n) is 13.3. The molecule has 1 fully saturated rings. The number of methoxy groups -OCH3 is 1. The first-order valence-electron chi connectivity index (χ1n) is 8.02. The van der Waals surface area contributed by atoms with Crippen LogP contribution >= 0.6 is 0 Å². The van der Waals surface area contributed by atoms with Crippen molar-refractivity contribution in [2.75, 3.05) is 12.4 Å². The van der Waals surface area contributed by atoms with Gasteiger partial charge in [0.25, 0.3) is 0 Å². The molecule has 1 aromatic carbocycles. The van der Waals surface area contributed by atoms with Crippen LogP contribution in [-0.4, -0.2) is 29.2 Å². The Balaban J connectivity index is 1.57. The second kappa shape index (κ2) is 7.75. The van der Waals surface area contributed by atoms with Crippen LogP contribution in [0.2, 0.25) is 0 Å². The van der Waals surface area contributed by atoms with Gasteiger partial charge < -0.3 is 10.1 Å². The van der Waals surface area contributed by atoms with Crippen LogP contribution in [-0.2, 0) is 4.74 Å². The lowest BCUT2D eigenvalue weighted by molar-refractivity contribution is 0.0681. The Morgan fingerprint density at radius 1 is 0.957 bits per heavy atom. The van der Waals surface area contributed by atoms with Gasteiger partial charge in [0.15, 0.2) is 0 Å². The van der Waals surface area contributed by atoms with E-state index in [4.69, 9.17) is 4.74 Å². The molecular weight excluding hydrogens is 286 g/mol. The van der Waals surface area contributed by atoms with E-state index in [0.29, 0.717) is 18.1 Å². The molecule has 1 aliphatic carbocycles. The Morgan fingerprint density at radius 3 is 2.26 bits per heavy atom. The minimum atomic E-state index is 0.407. The van der Waals surface area contributed by atoms with Gasteiger partial charge in [-0.3, -0.25) is 0 Å². The minimum absolute atomic E-state index is 0.407. The third-order valence-electron chi connectivity index (χ3n) is 4.12. The monoisotopic (exact) mass is 307 g/mol. The first-order valence-corrected chi connectivity index (χ1v) is 8.02. The molecule has 0 spiro atoms. The Labute approximate surface area is 137 Å². The third kappa shape index (κ3) is 4.54. The molecule has 118 valence electrons. The van der Waals surface area contributed by atoms with E-state index in [2.05, 4.69) is 27.1 Å². The highest BCUT2D eigenvalue weighted by Gasteiger charge is 2.20. The fraction of sp³-hybridized carbons (Fsp3) is 0.368. The van der Waals surface area contributed by atoms with Crippen molar-refractivity contribution in [1.29, 1.82) is 0 Å². The second-order valence-electron chi connectivity index (χ2n) is 5.77. The molecule has 0 aliphatic heterocycles. The highest BCUT2D eigenvalue weighted by molar-refractivity contribution is 5.42. The molecule has 1 aromatic heterocycles. The fourth-order valence-corrected chi connectivity index (χ4v) is 2.76. The van der Waals surface area contributed by atoms with Crippen molar-refractivity contribution in [3.63, 3.8) is 0 Å². The lowest BCUT2D eigenvalue weighted by Gasteiger charge is -2.28. The van der Waals surface area contributed by atoms with E-state index in [1.54, 1.807) is 19.5 Å². The van der Waals surface area contributed by atoms with E-state index in [9.17, 15) is 0 Å². The summed E-state index contributed by atoms with van der Waals surface area (Å²) in [6.07, 6.45) is 8.32. The largest absolute Gasteiger partial charge is 0.381 e. The predicted octanol–water partition coefficient (Wildman–Crippen LogP) is 3.25. The van der Waals surface area contributed by atoms with Gasteiger partial charge in [-0.15, -0.1) is 0 Å². The first-order chi connectivity index (χ1) is 11.3. The van der Waals surface area contributed by atoms with Gasteiger partial charge in [-0.05, 0) is 37.8 Å². The normalized spacial score (nSPS) is 20.4. The Bertz CT molecular complexity index is 665. The standard InChI is InChI=1S/C19H21N3O/c1-23-18-11-9-17(10-12-18)22-19-20-13-16(14-21-19)8-7-15-5-3-2-4-6-15/h2-6,13-14,17-18H,9-12H2,1H3,(H,20,21,22)/t17-,18-. The van der Waals surface area contributed by atoms with E-state index in [1.165, 1.54) is 0 Å². The van der Waals surface area contributed by atoms with Gasteiger partial charge in [0.2, 0.25) is 5.95 Å². The van der Waals surface area contributed by atoms with Crippen LogP contribution in [0.25, 0.3) is 0 Å². The number of aromatic nitrogens is 2. The number of ether oxygens (including phenoxy) is 1. The summed E-state index contributed by atoms with van der Waals surface area (Å²) in [5, 5.41) is 3.40. The molecule has 1 heterocycles. The maximum atomic E-state index is 5.39. The lowest BCUT2D eigenvalue weighted by atomic mass is 9.93. The summed E-state index contributed by atoms with van der Waals surface area (Å²) < 4.78 is 5.39. The zero-order valence-corrected chi connectivity index (χ0v) is 13.3. The van der Waals surface area contributed by atoms with Crippen LogP contribution in [0.5, 0.6) is 0 Å². The highest BCUT2D eigenvalue weighted by Crippen LogP contribution is 2.22. The molecule has 0 radical (unpaired) electrons. The van der Waals surface area contributed by atoms with Gasteiger partial charge in [0, 0.05) is 31.1 Å². The third-order valence-corrected chi connectivity index (χ3v) is 4.12. The summed E-state index contributed by atoms with van der Waals surface area (Å²) in [5.41, 5.74) is 1.81. The van der Waals surface area contributed by atoms with E-state index < -0.39 is 0 Å². The number of nitrogens with one attached hydrogen (secondary N) is 1. The molecular formula is C19H21N3O. The number of hydrogen-bond acceptors (Lipinski definition) is 4. The average molecular weight is 307 g/mol. The number of benzene rings is 1. The molecule has 3 rings (SSSR count). The zero-order chi connectivity index (χ0) is 15.9. The van der Waals surface area contributed by atoms with Crippen LogP contribution in [0.4, 0.5) is 5.95 Å². The van der Waals surface area contributed by atoms with Crippen LogP contribution in [0.15, 0.2) is 42.7 Å². The molecule has 0 amide bonds. The molecule has 4 nitrogen and oxygen atoms in total. The fourth-order valence-electron chi connectivity index (χ4n) is 2.76. The Kier molecular flexibility index (Phi) is 5.23. The summed E-state index contributed by atoms with van der Waals surface area (Å²) in [5.74, 6) is 6.87. The first kappa shape index (κ1) is 15.5.